The first kappa shape index (κ1) is 14.7. The van der Waals surface area contributed by atoms with E-state index in [1.54, 1.807) is 19.4 Å². The molecule has 0 saturated carbocycles. The largest absolute Gasteiger partial charge is 0.497 e. The molecular formula is C18H14N2O3. The topological polar surface area (TPSA) is 68.3 Å². The molecule has 0 saturated heterocycles. The van der Waals surface area contributed by atoms with Crippen molar-refractivity contribution >= 4 is 0 Å². The Hall–Kier alpha value is -3.26. The highest BCUT2D eigenvalue weighted by molar-refractivity contribution is 5.77. The zero-order chi connectivity index (χ0) is 16.2. The minimum absolute atomic E-state index is 0.271. The first-order chi connectivity index (χ1) is 11.3. The van der Waals surface area contributed by atoms with Crippen LogP contribution in [0.3, 0.4) is 0 Å². The van der Waals surface area contributed by atoms with Crippen molar-refractivity contribution in [1.29, 1.82) is 5.26 Å². The number of hydrogen-bond acceptors (Lipinski definition) is 5. The van der Waals surface area contributed by atoms with Crippen LogP contribution in [0.1, 0.15) is 5.56 Å². The Kier molecular flexibility index (Phi) is 3.98. The number of methoxy groups -OCH3 is 2. The van der Waals surface area contributed by atoms with Crippen LogP contribution in [-0.4, -0.2) is 19.2 Å². The lowest BCUT2D eigenvalue weighted by atomic mass is 10.00. The summed E-state index contributed by atoms with van der Waals surface area (Å²) >= 11 is 0. The van der Waals surface area contributed by atoms with E-state index in [4.69, 9.17) is 13.9 Å². The molecule has 0 atom stereocenters. The smallest absolute Gasteiger partial charge is 0.232 e. The molecule has 0 N–H and O–H groups in total. The fourth-order valence-corrected chi connectivity index (χ4v) is 2.33. The minimum atomic E-state index is 0.271. The van der Waals surface area contributed by atoms with Crippen LogP contribution in [-0.2, 0) is 0 Å². The van der Waals surface area contributed by atoms with E-state index in [-0.39, 0.29) is 5.88 Å². The van der Waals surface area contributed by atoms with Crippen LogP contribution in [0.15, 0.2) is 53.1 Å². The Morgan fingerprint density at radius 3 is 2.43 bits per heavy atom. The quantitative estimate of drug-likeness (QED) is 0.731. The van der Waals surface area contributed by atoms with Gasteiger partial charge in [0, 0.05) is 5.56 Å². The lowest BCUT2D eigenvalue weighted by molar-refractivity contribution is 0.396. The summed E-state index contributed by atoms with van der Waals surface area (Å²) in [7, 11) is 3.10. The first-order valence-electron chi connectivity index (χ1n) is 6.94. The molecule has 3 aromatic rings. The van der Waals surface area contributed by atoms with Gasteiger partial charge < -0.3 is 13.9 Å². The molecule has 3 rings (SSSR count). The summed E-state index contributed by atoms with van der Waals surface area (Å²) in [5.41, 5.74) is 2.59. The molecule has 5 heteroatoms. The minimum Gasteiger partial charge on any atom is -0.497 e. The highest BCUT2D eigenvalue weighted by Gasteiger charge is 2.16. The van der Waals surface area contributed by atoms with Crippen LogP contribution in [0.25, 0.3) is 22.6 Å². The van der Waals surface area contributed by atoms with E-state index in [2.05, 4.69) is 11.1 Å². The third kappa shape index (κ3) is 2.74. The maximum Gasteiger partial charge on any atom is 0.232 e. The van der Waals surface area contributed by atoms with Crippen LogP contribution in [0.5, 0.6) is 11.6 Å². The molecule has 0 bridgehead atoms. The average Bonchev–Trinajstić information content (AvgIpc) is 3.15. The van der Waals surface area contributed by atoms with Crippen molar-refractivity contribution in [1.82, 2.24) is 4.98 Å². The summed E-state index contributed by atoms with van der Waals surface area (Å²) in [6.45, 7) is 0. The summed E-state index contributed by atoms with van der Waals surface area (Å²) in [5.74, 6) is 1.63. The number of hydrogen-bond donors (Lipinski definition) is 0. The second kappa shape index (κ2) is 6.24. The van der Waals surface area contributed by atoms with E-state index in [1.165, 1.54) is 7.11 Å². The molecule has 0 aliphatic heterocycles. The van der Waals surface area contributed by atoms with Gasteiger partial charge in [0.2, 0.25) is 5.88 Å². The Labute approximate surface area is 133 Å². The molecule has 0 amide bonds. The van der Waals surface area contributed by atoms with Crippen molar-refractivity contribution in [3.63, 3.8) is 0 Å². The summed E-state index contributed by atoms with van der Waals surface area (Å²) in [6.07, 6.45) is 1.58. The molecule has 0 spiro atoms. The highest BCUT2D eigenvalue weighted by Crippen LogP contribution is 2.34. The molecule has 0 radical (unpaired) electrons. The van der Waals surface area contributed by atoms with Crippen molar-refractivity contribution in [3.05, 3.63) is 54.3 Å². The third-order valence-corrected chi connectivity index (χ3v) is 3.47. The van der Waals surface area contributed by atoms with Gasteiger partial charge >= 0.3 is 0 Å². The van der Waals surface area contributed by atoms with Gasteiger partial charge in [0.15, 0.2) is 5.76 Å². The number of furan rings is 1. The van der Waals surface area contributed by atoms with Crippen LogP contribution in [0.2, 0.25) is 0 Å². The van der Waals surface area contributed by atoms with Crippen molar-refractivity contribution in [2.45, 2.75) is 0 Å². The third-order valence-electron chi connectivity index (χ3n) is 3.47. The number of nitrogens with zero attached hydrogens (tertiary/aromatic N) is 2. The molecule has 0 unspecified atom stereocenters. The normalized spacial score (nSPS) is 10.1. The number of rotatable bonds is 4. The number of aromatic nitrogens is 1. The number of pyridine rings is 1. The predicted molar refractivity (Wildman–Crippen MR) is 85.2 cm³/mol. The van der Waals surface area contributed by atoms with Gasteiger partial charge in [0.25, 0.3) is 0 Å². The molecule has 0 aliphatic rings. The summed E-state index contributed by atoms with van der Waals surface area (Å²) in [4.78, 5) is 4.36. The molecule has 1 aromatic carbocycles. The number of nitriles is 1. The Morgan fingerprint density at radius 2 is 1.87 bits per heavy atom. The van der Waals surface area contributed by atoms with Gasteiger partial charge in [0.05, 0.1) is 20.5 Å². The summed E-state index contributed by atoms with van der Waals surface area (Å²) in [6, 6.07) is 15.0. The Morgan fingerprint density at radius 1 is 1.09 bits per heavy atom. The van der Waals surface area contributed by atoms with Crippen molar-refractivity contribution < 1.29 is 13.9 Å². The van der Waals surface area contributed by atoms with Gasteiger partial charge in [-0.25, -0.2) is 4.98 Å². The molecule has 2 heterocycles. The molecule has 5 nitrogen and oxygen atoms in total. The van der Waals surface area contributed by atoms with Gasteiger partial charge in [-0.1, -0.05) is 12.1 Å². The Bertz CT molecular complexity index is 847. The van der Waals surface area contributed by atoms with E-state index in [9.17, 15) is 5.26 Å². The average molecular weight is 306 g/mol. The van der Waals surface area contributed by atoms with Gasteiger partial charge in [0.1, 0.15) is 23.1 Å². The summed E-state index contributed by atoms with van der Waals surface area (Å²) in [5, 5.41) is 9.50. The molecule has 0 aliphatic carbocycles. The fourth-order valence-electron chi connectivity index (χ4n) is 2.33. The second-order valence-corrected chi connectivity index (χ2v) is 4.76. The zero-order valence-electron chi connectivity index (χ0n) is 12.7. The molecular weight excluding hydrogens is 292 g/mol. The van der Waals surface area contributed by atoms with Crippen LogP contribution < -0.4 is 9.47 Å². The van der Waals surface area contributed by atoms with Gasteiger partial charge in [-0.15, -0.1) is 0 Å². The molecule has 114 valence electrons. The highest BCUT2D eigenvalue weighted by atomic mass is 16.5. The lowest BCUT2D eigenvalue weighted by Crippen LogP contribution is -1.97. The standard InChI is InChI=1S/C18H14N2O3/c1-21-13-7-5-12(6-8-13)14-10-16(17-4-3-9-23-17)20-18(22-2)15(14)11-19/h3-10H,1-2H3. The first-order valence-corrected chi connectivity index (χ1v) is 6.94. The van der Waals surface area contributed by atoms with E-state index >= 15 is 0 Å². The van der Waals surface area contributed by atoms with Gasteiger partial charge in [-0.2, -0.15) is 5.26 Å². The summed E-state index contributed by atoms with van der Waals surface area (Å²) < 4.78 is 15.9. The molecule has 0 fully saturated rings. The SMILES string of the molecule is COc1ccc(-c2cc(-c3ccco3)nc(OC)c2C#N)cc1. The molecule has 2 aromatic heterocycles. The van der Waals surface area contributed by atoms with Crippen LogP contribution in [0.4, 0.5) is 0 Å². The fraction of sp³-hybridized carbons (Fsp3) is 0.111. The van der Waals surface area contributed by atoms with Crippen LogP contribution in [0, 0.1) is 11.3 Å². The van der Waals surface area contributed by atoms with E-state index in [1.807, 2.05) is 36.4 Å². The van der Waals surface area contributed by atoms with Gasteiger partial charge in [-0.05, 0) is 35.9 Å². The maximum atomic E-state index is 9.50. The zero-order valence-corrected chi connectivity index (χ0v) is 12.7. The Balaban J connectivity index is 2.20. The molecule has 23 heavy (non-hydrogen) atoms. The van der Waals surface area contributed by atoms with Crippen molar-refractivity contribution in [3.8, 4) is 40.3 Å². The van der Waals surface area contributed by atoms with E-state index < -0.39 is 0 Å². The number of ether oxygens (including phenoxy) is 2. The maximum absolute atomic E-state index is 9.50. The van der Waals surface area contributed by atoms with Crippen LogP contribution >= 0.6 is 0 Å². The van der Waals surface area contributed by atoms with E-state index in [0.717, 1.165) is 16.9 Å². The lowest BCUT2D eigenvalue weighted by Gasteiger charge is -2.11. The van der Waals surface area contributed by atoms with E-state index in [0.29, 0.717) is 17.0 Å². The van der Waals surface area contributed by atoms with Gasteiger partial charge in [-0.3, -0.25) is 0 Å². The monoisotopic (exact) mass is 306 g/mol. The van der Waals surface area contributed by atoms with Crippen molar-refractivity contribution in [2.75, 3.05) is 14.2 Å². The number of benzene rings is 1. The second-order valence-electron chi connectivity index (χ2n) is 4.76. The van der Waals surface area contributed by atoms with Crippen molar-refractivity contribution in [2.24, 2.45) is 0 Å². The predicted octanol–water partition coefficient (Wildman–Crippen LogP) is 3.90.